The quantitative estimate of drug-likeness (QED) is 0.791. The van der Waals surface area contributed by atoms with Gasteiger partial charge in [0, 0.05) is 12.5 Å². The zero-order valence-corrected chi connectivity index (χ0v) is 16.5. The predicted molar refractivity (Wildman–Crippen MR) is 105 cm³/mol. The fraction of sp³-hybridized carbons (Fsp3) is 0.739. The van der Waals surface area contributed by atoms with Gasteiger partial charge in [-0.1, -0.05) is 43.7 Å². The van der Waals surface area contributed by atoms with Gasteiger partial charge in [0.25, 0.3) is 0 Å². The molecule has 0 aromatic heterocycles. The zero-order chi connectivity index (χ0) is 18.0. The summed E-state index contributed by atoms with van der Waals surface area (Å²) < 4.78 is 12.2. The van der Waals surface area contributed by atoms with Crippen molar-refractivity contribution in [2.75, 3.05) is 26.4 Å². The summed E-state index contributed by atoms with van der Waals surface area (Å²) in [6.45, 7) is 8.69. The Labute approximate surface area is 159 Å². The number of piperidine rings is 1. The van der Waals surface area contributed by atoms with E-state index in [9.17, 15) is 0 Å². The molecule has 1 aromatic carbocycles. The summed E-state index contributed by atoms with van der Waals surface area (Å²) in [5.74, 6) is 2.20. The Morgan fingerprint density at radius 1 is 1.08 bits per heavy atom. The average Bonchev–Trinajstić information content (AvgIpc) is 2.64. The summed E-state index contributed by atoms with van der Waals surface area (Å²) in [5.41, 5.74) is 1.46. The zero-order valence-electron chi connectivity index (χ0n) is 16.5. The Morgan fingerprint density at radius 2 is 1.85 bits per heavy atom. The molecule has 1 aliphatic carbocycles. The minimum Gasteiger partial charge on any atom is -0.352 e. The fourth-order valence-electron chi connectivity index (χ4n) is 5.48. The third kappa shape index (κ3) is 4.16. The minimum absolute atomic E-state index is 0.0324. The molecule has 4 atom stereocenters. The fourth-order valence-corrected chi connectivity index (χ4v) is 5.48. The molecule has 0 bridgehead atoms. The van der Waals surface area contributed by atoms with E-state index >= 15 is 0 Å². The molecule has 2 heterocycles. The summed E-state index contributed by atoms with van der Waals surface area (Å²) in [5, 5.41) is 0. The van der Waals surface area contributed by atoms with Crippen molar-refractivity contribution >= 4 is 0 Å². The molecule has 26 heavy (non-hydrogen) atoms. The summed E-state index contributed by atoms with van der Waals surface area (Å²) in [6, 6.07) is 11.0. The lowest BCUT2D eigenvalue weighted by Gasteiger charge is -2.51. The van der Waals surface area contributed by atoms with Crippen LogP contribution in [0.4, 0.5) is 0 Å². The lowest BCUT2D eigenvalue weighted by molar-refractivity contribution is -0.267. The van der Waals surface area contributed by atoms with Gasteiger partial charge in [0.05, 0.1) is 11.7 Å². The SMILES string of the molecule is C[C@@H]1CC[C@@H]2[C@@H](C1)OCO[C@]2(C)CN1CCC(Cc2ccccc2)CC1. The number of rotatable bonds is 4. The lowest BCUT2D eigenvalue weighted by Crippen LogP contribution is -2.58. The van der Waals surface area contributed by atoms with Gasteiger partial charge in [-0.15, -0.1) is 0 Å². The van der Waals surface area contributed by atoms with Crippen LogP contribution in [0.1, 0.15) is 51.5 Å². The van der Waals surface area contributed by atoms with Gasteiger partial charge in [-0.25, -0.2) is 0 Å². The van der Waals surface area contributed by atoms with Gasteiger partial charge < -0.3 is 14.4 Å². The van der Waals surface area contributed by atoms with Crippen LogP contribution in [0.25, 0.3) is 0 Å². The first-order valence-corrected chi connectivity index (χ1v) is 10.6. The largest absolute Gasteiger partial charge is 0.352 e. The highest BCUT2D eigenvalue weighted by Crippen LogP contribution is 2.42. The van der Waals surface area contributed by atoms with Gasteiger partial charge in [0.2, 0.25) is 0 Å². The van der Waals surface area contributed by atoms with E-state index in [0.29, 0.717) is 18.8 Å². The molecular weight excluding hydrogens is 322 g/mol. The average molecular weight is 358 g/mol. The molecular formula is C23H35NO2. The van der Waals surface area contributed by atoms with Crippen LogP contribution in [0.2, 0.25) is 0 Å². The Kier molecular flexibility index (Phi) is 5.68. The first kappa shape index (κ1) is 18.5. The standard InChI is InChI=1S/C23H35NO2/c1-18-8-9-21-22(14-18)25-17-26-23(21,2)16-24-12-10-20(11-13-24)15-19-6-4-3-5-7-19/h3-7,18,20-22H,8-17H2,1-2H3/t18-,21-,22-,23-/m1/s1. The molecule has 0 amide bonds. The van der Waals surface area contributed by atoms with Gasteiger partial charge in [-0.3, -0.25) is 0 Å². The van der Waals surface area contributed by atoms with Crippen LogP contribution in [0.15, 0.2) is 30.3 Å². The maximum atomic E-state index is 6.23. The Balaban J connectivity index is 1.30. The third-order valence-electron chi connectivity index (χ3n) is 7.12. The van der Waals surface area contributed by atoms with Crippen molar-refractivity contribution in [3.63, 3.8) is 0 Å². The monoisotopic (exact) mass is 357 g/mol. The summed E-state index contributed by atoms with van der Waals surface area (Å²) in [7, 11) is 0. The molecule has 3 heteroatoms. The number of benzene rings is 1. The number of hydrogen-bond acceptors (Lipinski definition) is 3. The Hall–Kier alpha value is -0.900. The smallest absolute Gasteiger partial charge is 0.147 e. The predicted octanol–water partition coefficient (Wildman–Crippen LogP) is 4.51. The van der Waals surface area contributed by atoms with Crippen molar-refractivity contribution in [3.8, 4) is 0 Å². The van der Waals surface area contributed by atoms with Crippen molar-refractivity contribution in [2.24, 2.45) is 17.8 Å². The summed E-state index contributed by atoms with van der Waals surface area (Å²) in [4.78, 5) is 2.65. The molecule has 2 saturated heterocycles. The van der Waals surface area contributed by atoms with E-state index in [2.05, 4.69) is 49.1 Å². The number of hydrogen-bond donors (Lipinski definition) is 0. The molecule has 4 rings (SSSR count). The van der Waals surface area contributed by atoms with Crippen molar-refractivity contribution in [1.29, 1.82) is 0 Å². The first-order valence-electron chi connectivity index (χ1n) is 10.6. The minimum atomic E-state index is -0.0324. The topological polar surface area (TPSA) is 21.7 Å². The van der Waals surface area contributed by atoms with Gasteiger partial charge in [0.15, 0.2) is 0 Å². The second-order valence-electron chi connectivity index (χ2n) is 9.21. The Bertz CT molecular complexity index is 569. The molecule has 0 unspecified atom stereocenters. The normalized spacial score (nSPS) is 36.6. The summed E-state index contributed by atoms with van der Waals surface area (Å²) in [6.07, 6.45) is 8.06. The van der Waals surface area contributed by atoms with Crippen molar-refractivity contribution in [3.05, 3.63) is 35.9 Å². The molecule has 3 fully saturated rings. The van der Waals surface area contributed by atoms with Gasteiger partial charge in [-0.2, -0.15) is 0 Å². The van der Waals surface area contributed by atoms with E-state index in [-0.39, 0.29) is 5.60 Å². The van der Waals surface area contributed by atoms with Crippen LogP contribution >= 0.6 is 0 Å². The van der Waals surface area contributed by atoms with Crippen LogP contribution in [-0.4, -0.2) is 43.0 Å². The van der Waals surface area contributed by atoms with Crippen LogP contribution in [0, 0.1) is 17.8 Å². The van der Waals surface area contributed by atoms with E-state index in [0.717, 1.165) is 18.4 Å². The van der Waals surface area contributed by atoms with Crippen molar-refractivity contribution in [1.82, 2.24) is 4.90 Å². The van der Waals surface area contributed by atoms with E-state index in [1.54, 1.807) is 0 Å². The maximum absolute atomic E-state index is 6.23. The van der Waals surface area contributed by atoms with E-state index in [4.69, 9.17) is 9.47 Å². The molecule has 3 nitrogen and oxygen atoms in total. The molecule has 0 spiro atoms. The molecule has 3 aliphatic rings. The van der Waals surface area contributed by atoms with Crippen LogP contribution < -0.4 is 0 Å². The van der Waals surface area contributed by atoms with E-state index in [1.165, 1.54) is 57.2 Å². The number of likely N-dealkylation sites (tertiary alicyclic amines) is 1. The second-order valence-corrected chi connectivity index (χ2v) is 9.21. The Morgan fingerprint density at radius 3 is 2.62 bits per heavy atom. The molecule has 1 saturated carbocycles. The van der Waals surface area contributed by atoms with Gasteiger partial charge >= 0.3 is 0 Å². The van der Waals surface area contributed by atoms with Crippen molar-refractivity contribution < 1.29 is 9.47 Å². The maximum Gasteiger partial charge on any atom is 0.147 e. The molecule has 0 N–H and O–H groups in total. The number of ether oxygens (including phenoxy) is 2. The highest BCUT2D eigenvalue weighted by molar-refractivity contribution is 5.15. The van der Waals surface area contributed by atoms with E-state index < -0.39 is 0 Å². The van der Waals surface area contributed by atoms with Crippen LogP contribution in [0.3, 0.4) is 0 Å². The number of nitrogens with zero attached hydrogens (tertiary/aromatic N) is 1. The highest BCUT2D eigenvalue weighted by Gasteiger charge is 2.47. The van der Waals surface area contributed by atoms with E-state index in [1.807, 2.05) is 0 Å². The number of fused-ring (bicyclic) bond motifs is 1. The first-order chi connectivity index (χ1) is 12.6. The molecule has 144 valence electrons. The van der Waals surface area contributed by atoms with Crippen LogP contribution in [0.5, 0.6) is 0 Å². The lowest BCUT2D eigenvalue weighted by atomic mass is 9.71. The van der Waals surface area contributed by atoms with Crippen molar-refractivity contribution in [2.45, 2.75) is 64.1 Å². The molecule has 0 radical (unpaired) electrons. The second kappa shape index (κ2) is 8.00. The molecule has 1 aromatic rings. The highest BCUT2D eigenvalue weighted by atomic mass is 16.7. The summed E-state index contributed by atoms with van der Waals surface area (Å²) >= 11 is 0. The third-order valence-corrected chi connectivity index (χ3v) is 7.12. The van der Waals surface area contributed by atoms with Gasteiger partial charge in [-0.05, 0) is 69.5 Å². The van der Waals surface area contributed by atoms with Gasteiger partial charge in [0.1, 0.15) is 6.79 Å². The van der Waals surface area contributed by atoms with Crippen LogP contribution in [-0.2, 0) is 15.9 Å². The molecule has 2 aliphatic heterocycles.